The summed E-state index contributed by atoms with van der Waals surface area (Å²) < 4.78 is 0. The summed E-state index contributed by atoms with van der Waals surface area (Å²) in [6.45, 7) is 0. The second kappa shape index (κ2) is 4.23. The number of hydrogen-bond acceptors (Lipinski definition) is 1. The molecule has 0 radical (unpaired) electrons. The molecule has 11 heavy (non-hydrogen) atoms. The van der Waals surface area contributed by atoms with Gasteiger partial charge in [0.25, 0.3) is 0 Å². The fourth-order valence-corrected chi connectivity index (χ4v) is 0.817. The Morgan fingerprint density at radius 2 is 2.36 bits per heavy atom. The summed E-state index contributed by atoms with van der Waals surface area (Å²) in [5.74, 6) is 5.79. The minimum atomic E-state index is 0.311. The Balaban J connectivity index is 2.95. The van der Waals surface area contributed by atoms with E-state index >= 15 is 0 Å². The molecule has 56 valence electrons. The summed E-state index contributed by atoms with van der Waals surface area (Å²) in [7, 11) is 0. The Kier molecular flexibility index (Phi) is 3.22. The smallest absolute Gasteiger partial charge is 0.0839 e. The van der Waals surface area contributed by atoms with Crippen molar-refractivity contribution in [2.45, 2.75) is 0 Å². The van der Waals surface area contributed by atoms with Crippen molar-refractivity contribution in [2.24, 2.45) is 0 Å². The van der Waals surface area contributed by atoms with Gasteiger partial charge in [0, 0.05) is 12.4 Å². The fourth-order valence-electron chi connectivity index (χ4n) is 0.598. The van der Waals surface area contributed by atoms with Crippen molar-refractivity contribution in [3.8, 4) is 11.8 Å². The number of aromatic nitrogens is 1. The summed E-state index contributed by atoms with van der Waals surface area (Å²) in [4.78, 5) is 3.87. The van der Waals surface area contributed by atoms with Crippen molar-refractivity contribution >= 4 is 23.2 Å². The molecule has 1 heterocycles. The van der Waals surface area contributed by atoms with Crippen molar-refractivity contribution in [1.82, 2.24) is 4.98 Å². The van der Waals surface area contributed by atoms with E-state index in [9.17, 15) is 0 Å². The quantitative estimate of drug-likeness (QED) is 0.447. The molecule has 0 bridgehead atoms. The normalized spacial score (nSPS) is 8.55. The molecule has 0 saturated heterocycles. The Morgan fingerprint density at radius 1 is 1.55 bits per heavy atom. The first-order valence-corrected chi connectivity index (χ1v) is 3.90. The molecule has 0 aromatic carbocycles. The molecule has 0 atom stereocenters. The zero-order chi connectivity index (χ0) is 8.10. The van der Waals surface area contributed by atoms with E-state index in [1.807, 2.05) is 0 Å². The predicted molar refractivity (Wildman–Crippen MR) is 46.8 cm³/mol. The van der Waals surface area contributed by atoms with Crippen molar-refractivity contribution in [2.75, 3.05) is 5.88 Å². The first-order valence-electron chi connectivity index (χ1n) is 2.99. The van der Waals surface area contributed by atoms with Crippen LogP contribution in [0, 0.1) is 11.8 Å². The van der Waals surface area contributed by atoms with Crippen molar-refractivity contribution < 1.29 is 0 Å². The van der Waals surface area contributed by atoms with Gasteiger partial charge in [0.15, 0.2) is 0 Å². The van der Waals surface area contributed by atoms with E-state index in [0.717, 1.165) is 5.56 Å². The van der Waals surface area contributed by atoms with Gasteiger partial charge in [0.05, 0.1) is 16.5 Å². The van der Waals surface area contributed by atoms with E-state index in [-0.39, 0.29) is 0 Å². The van der Waals surface area contributed by atoms with Gasteiger partial charge in [-0.15, -0.1) is 11.6 Å². The molecule has 1 aromatic heterocycles. The van der Waals surface area contributed by atoms with Gasteiger partial charge in [0.1, 0.15) is 0 Å². The number of hydrogen-bond donors (Lipinski definition) is 0. The van der Waals surface area contributed by atoms with Crippen molar-refractivity contribution in [3.05, 3.63) is 29.0 Å². The van der Waals surface area contributed by atoms with E-state index in [1.54, 1.807) is 18.5 Å². The van der Waals surface area contributed by atoms with Crippen molar-refractivity contribution in [3.63, 3.8) is 0 Å². The minimum Gasteiger partial charge on any atom is -0.263 e. The average Bonchev–Trinajstić information content (AvgIpc) is 2.03. The summed E-state index contributed by atoms with van der Waals surface area (Å²) in [6.07, 6.45) is 3.23. The highest BCUT2D eigenvalue weighted by molar-refractivity contribution is 6.31. The number of pyridine rings is 1. The number of halogens is 2. The molecule has 0 aliphatic rings. The maximum atomic E-state index is 5.77. The van der Waals surface area contributed by atoms with Crippen LogP contribution in [-0.2, 0) is 0 Å². The maximum Gasteiger partial charge on any atom is 0.0839 e. The lowest BCUT2D eigenvalue weighted by molar-refractivity contribution is 1.31. The van der Waals surface area contributed by atoms with Crippen LogP contribution >= 0.6 is 23.2 Å². The second-order valence-electron chi connectivity index (χ2n) is 1.79. The Hall–Kier alpha value is -0.710. The van der Waals surface area contributed by atoms with E-state index in [1.165, 1.54) is 0 Å². The third-order valence-corrected chi connectivity index (χ3v) is 1.52. The van der Waals surface area contributed by atoms with Gasteiger partial charge in [-0.1, -0.05) is 23.4 Å². The Morgan fingerprint density at radius 3 is 3.00 bits per heavy atom. The number of nitrogens with zero attached hydrogens (tertiary/aromatic N) is 1. The highest BCUT2D eigenvalue weighted by Crippen LogP contribution is 2.11. The molecule has 0 amide bonds. The van der Waals surface area contributed by atoms with Crippen LogP contribution in [0.15, 0.2) is 18.5 Å². The minimum absolute atomic E-state index is 0.311. The van der Waals surface area contributed by atoms with Crippen LogP contribution in [0.3, 0.4) is 0 Å². The molecular weight excluding hydrogens is 181 g/mol. The van der Waals surface area contributed by atoms with Crippen LogP contribution in [-0.4, -0.2) is 10.9 Å². The molecule has 1 nitrogen and oxygen atoms in total. The summed E-state index contributed by atoms with van der Waals surface area (Å²) in [6, 6.07) is 1.69. The molecule has 0 aliphatic carbocycles. The van der Waals surface area contributed by atoms with Gasteiger partial charge in [-0.2, -0.15) is 0 Å². The second-order valence-corrected chi connectivity index (χ2v) is 2.47. The molecule has 0 N–H and O–H groups in total. The predicted octanol–water partition coefficient (Wildman–Crippen LogP) is 2.33. The summed E-state index contributed by atoms with van der Waals surface area (Å²) in [5.41, 5.74) is 0.717. The van der Waals surface area contributed by atoms with E-state index in [0.29, 0.717) is 10.9 Å². The van der Waals surface area contributed by atoms with Crippen LogP contribution in [0.5, 0.6) is 0 Å². The molecule has 0 unspecified atom stereocenters. The van der Waals surface area contributed by atoms with Gasteiger partial charge in [-0.25, -0.2) is 0 Å². The Bertz CT molecular complexity index is 298. The molecular formula is C8H5Cl2N. The lowest BCUT2D eigenvalue weighted by Gasteiger charge is -1.90. The topological polar surface area (TPSA) is 12.9 Å². The van der Waals surface area contributed by atoms with Gasteiger partial charge in [-0.05, 0) is 6.07 Å². The highest BCUT2D eigenvalue weighted by atomic mass is 35.5. The largest absolute Gasteiger partial charge is 0.263 e. The maximum absolute atomic E-state index is 5.77. The first kappa shape index (κ1) is 8.39. The molecule has 0 fully saturated rings. The molecule has 1 aromatic rings. The fraction of sp³-hybridized carbons (Fsp3) is 0.125. The molecule has 0 saturated carbocycles. The zero-order valence-corrected chi connectivity index (χ0v) is 7.15. The standard InChI is InChI=1S/C8H5Cl2N/c9-4-1-2-7-6-11-5-3-8(7)10/h3,5-6H,4H2. The van der Waals surface area contributed by atoms with Crippen LogP contribution in [0.1, 0.15) is 5.56 Å². The third kappa shape index (κ3) is 2.42. The zero-order valence-electron chi connectivity index (χ0n) is 5.64. The van der Waals surface area contributed by atoms with Crippen LogP contribution in [0.25, 0.3) is 0 Å². The number of rotatable bonds is 0. The molecule has 0 aliphatic heterocycles. The number of alkyl halides is 1. The lowest BCUT2D eigenvalue weighted by atomic mass is 10.3. The van der Waals surface area contributed by atoms with Gasteiger partial charge >= 0.3 is 0 Å². The lowest BCUT2D eigenvalue weighted by Crippen LogP contribution is -1.78. The third-order valence-electron chi connectivity index (χ3n) is 1.06. The van der Waals surface area contributed by atoms with Gasteiger partial charge < -0.3 is 0 Å². The van der Waals surface area contributed by atoms with Crippen LogP contribution in [0.2, 0.25) is 5.02 Å². The molecule has 0 spiro atoms. The highest BCUT2D eigenvalue weighted by Gasteiger charge is 1.92. The molecule has 1 rings (SSSR count). The van der Waals surface area contributed by atoms with E-state index in [2.05, 4.69) is 16.8 Å². The van der Waals surface area contributed by atoms with Crippen LogP contribution < -0.4 is 0 Å². The van der Waals surface area contributed by atoms with Gasteiger partial charge in [0.2, 0.25) is 0 Å². The molecule has 3 heteroatoms. The summed E-state index contributed by atoms with van der Waals surface area (Å²) >= 11 is 11.1. The first-order chi connectivity index (χ1) is 5.34. The van der Waals surface area contributed by atoms with Crippen molar-refractivity contribution in [1.29, 1.82) is 0 Å². The average molecular weight is 186 g/mol. The Labute approximate surface area is 75.4 Å². The monoisotopic (exact) mass is 185 g/mol. The van der Waals surface area contributed by atoms with E-state index in [4.69, 9.17) is 23.2 Å². The van der Waals surface area contributed by atoms with E-state index < -0.39 is 0 Å². The SMILES string of the molecule is ClCC#Cc1cnccc1Cl. The van der Waals surface area contributed by atoms with Crippen LogP contribution in [0.4, 0.5) is 0 Å². The van der Waals surface area contributed by atoms with Gasteiger partial charge in [-0.3, -0.25) is 4.98 Å². The summed E-state index contributed by atoms with van der Waals surface area (Å²) in [5, 5.41) is 0.609.